The number of fused-ring (bicyclic) bond motifs is 1. The lowest BCUT2D eigenvalue weighted by atomic mass is 10.1. The molecule has 4 rings (SSSR count). The molecule has 0 saturated carbocycles. The molecule has 0 unspecified atom stereocenters. The van der Waals surface area contributed by atoms with E-state index in [4.69, 9.17) is 9.47 Å². The van der Waals surface area contributed by atoms with Crippen molar-refractivity contribution < 1.29 is 24.0 Å². The molecule has 166 valence electrons. The summed E-state index contributed by atoms with van der Waals surface area (Å²) in [6.07, 6.45) is 2.76. The van der Waals surface area contributed by atoms with Crippen LogP contribution in [0, 0.1) is 10.1 Å². The van der Waals surface area contributed by atoms with E-state index in [1.54, 1.807) is 48.5 Å². The second kappa shape index (κ2) is 9.75. The van der Waals surface area contributed by atoms with Gasteiger partial charge in [-0.2, -0.15) is 5.10 Å². The first kappa shape index (κ1) is 21.7. The van der Waals surface area contributed by atoms with Crippen LogP contribution in [0.5, 0.6) is 11.5 Å². The quantitative estimate of drug-likeness (QED) is 0.239. The molecule has 0 fully saturated rings. The monoisotopic (exact) mass is 464 g/mol. The van der Waals surface area contributed by atoms with Crippen molar-refractivity contribution in [1.29, 1.82) is 0 Å². The zero-order valence-corrected chi connectivity index (χ0v) is 17.7. The molecule has 2 amide bonds. The van der Waals surface area contributed by atoms with E-state index in [-0.39, 0.29) is 17.5 Å². The molecule has 0 spiro atoms. The van der Waals surface area contributed by atoms with Gasteiger partial charge in [-0.1, -0.05) is 35.6 Å². The van der Waals surface area contributed by atoms with Crippen molar-refractivity contribution in [1.82, 2.24) is 10.7 Å². The summed E-state index contributed by atoms with van der Waals surface area (Å²) >= 11 is 0.913. The Morgan fingerprint density at radius 3 is 2.61 bits per heavy atom. The molecule has 0 aliphatic carbocycles. The normalized spacial score (nSPS) is 12.5. The second-order valence-corrected chi connectivity index (χ2v) is 7.72. The molecule has 3 aromatic rings. The van der Waals surface area contributed by atoms with Crippen LogP contribution in [0.25, 0.3) is 6.08 Å². The van der Waals surface area contributed by atoms with E-state index in [2.05, 4.69) is 15.8 Å². The highest BCUT2D eigenvalue weighted by Crippen LogP contribution is 2.33. The van der Waals surface area contributed by atoms with Gasteiger partial charge in [-0.15, -0.1) is 0 Å². The van der Waals surface area contributed by atoms with Crippen LogP contribution < -0.4 is 20.2 Å². The average molecular weight is 464 g/mol. The number of carbonyl (C=O) groups excluding carboxylic acids is 2. The summed E-state index contributed by atoms with van der Waals surface area (Å²) in [5, 5.41) is 17.2. The van der Waals surface area contributed by atoms with E-state index in [9.17, 15) is 19.7 Å². The lowest BCUT2D eigenvalue weighted by Gasteiger charge is -2.09. The van der Waals surface area contributed by atoms with E-state index in [0.717, 1.165) is 11.3 Å². The van der Waals surface area contributed by atoms with Crippen LogP contribution >= 0.6 is 11.3 Å². The van der Waals surface area contributed by atoms with Crippen molar-refractivity contribution in [2.24, 2.45) is 5.10 Å². The van der Waals surface area contributed by atoms with Crippen LogP contribution in [0.15, 0.2) is 71.5 Å². The Kier molecular flexibility index (Phi) is 6.41. The van der Waals surface area contributed by atoms with Gasteiger partial charge in [-0.25, -0.2) is 5.43 Å². The number of nitrogens with zero attached hydrogens (tertiary/aromatic N) is 2. The Morgan fingerprint density at radius 2 is 1.85 bits per heavy atom. The molecular weight excluding hydrogens is 448 g/mol. The van der Waals surface area contributed by atoms with Crippen molar-refractivity contribution in [2.75, 3.05) is 6.79 Å². The molecule has 2 aromatic carbocycles. The third kappa shape index (κ3) is 5.40. The van der Waals surface area contributed by atoms with Crippen LogP contribution in [-0.4, -0.2) is 29.7 Å². The van der Waals surface area contributed by atoms with Crippen LogP contribution in [0.2, 0.25) is 0 Å². The molecule has 0 atom stereocenters. The zero-order valence-electron chi connectivity index (χ0n) is 16.9. The highest BCUT2D eigenvalue weighted by molar-refractivity contribution is 7.16. The minimum absolute atomic E-state index is 0.0405. The van der Waals surface area contributed by atoms with Crippen molar-refractivity contribution in [2.45, 2.75) is 0 Å². The van der Waals surface area contributed by atoms with Crippen LogP contribution in [0.1, 0.15) is 20.8 Å². The maximum atomic E-state index is 12.8. The molecule has 0 saturated heterocycles. The average Bonchev–Trinajstić information content (AvgIpc) is 3.48. The Hall–Kier alpha value is -4.51. The fraction of sp³-hybridized carbons (Fsp3) is 0.0455. The van der Waals surface area contributed by atoms with Gasteiger partial charge in [0.05, 0.1) is 16.0 Å². The number of benzene rings is 2. The first-order valence-electron chi connectivity index (χ1n) is 9.55. The maximum Gasteiger partial charge on any atom is 0.324 e. The van der Waals surface area contributed by atoms with Crippen molar-refractivity contribution in [3.05, 3.63) is 92.5 Å². The first-order valence-corrected chi connectivity index (χ1v) is 10.4. The van der Waals surface area contributed by atoms with Gasteiger partial charge >= 0.3 is 5.00 Å². The number of nitro groups is 1. The summed E-state index contributed by atoms with van der Waals surface area (Å²) in [7, 11) is 0. The van der Waals surface area contributed by atoms with Gasteiger partial charge in [0, 0.05) is 11.6 Å². The molecule has 1 aliphatic heterocycles. The van der Waals surface area contributed by atoms with Crippen molar-refractivity contribution in [3.8, 4) is 11.5 Å². The van der Waals surface area contributed by atoms with Crippen LogP contribution in [0.3, 0.4) is 0 Å². The number of amides is 2. The number of hydrogen-bond acceptors (Lipinski definition) is 8. The van der Waals surface area contributed by atoms with Gasteiger partial charge in [0.25, 0.3) is 11.8 Å². The van der Waals surface area contributed by atoms with E-state index in [1.807, 2.05) is 0 Å². The molecule has 2 N–H and O–H groups in total. The second-order valence-electron chi connectivity index (χ2n) is 6.62. The molecule has 0 bridgehead atoms. The number of hydrogen-bond donors (Lipinski definition) is 2. The minimum atomic E-state index is -0.681. The first-order chi connectivity index (χ1) is 16.0. The summed E-state index contributed by atoms with van der Waals surface area (Å²) < 4.78 is 10.6. The fourth-order valence-corrected chi connectivity index (χ4v) is 3.53. The lowest BCUT2D eigenvalue weighted by molar-refractivity contribution is -0.380. The summed E-state index contributed by atoms with van der Waals surface area (Å²) in [6.45, 7) is 0.107. The van der Waals surface area contributed by atoms with Gasteiger partial charge in [-0.3, -0.25) is 19.7 Å². The van der Waals surface area contributed by atoms with E-state index in [1.165, 1.54) is 24.4 Å². The highest BCUT2D eigenvalue weighted by atomic mass is 32.1. The van der Waals surface area contributed by atoms with Crippen LogP contribution in [-0.2, 0) is 4.79 Å². The number of rotatable bonds is 7. The molecule has 0 radical (unpaired) electrons. The van der Waals surface area contributed by atoms with Gasteiger partial charge in [0.15, 0.2) is 11.5 Å². The summed E-state index contributed by atoms with van der Waals surface area (Å²) in [5.41, 5.74) is 3.23. The molecule has 1 aromatic heterocycles. The van der Waals surface area contributed by atoms with Gasteiger partial charge in [0.1, 0.15) is 5.70 Å². The number of hydrazone groups is 1. The molecular formula is C22H16N4O6S. The third-order valence-corrected chi connectivity index (χ3v) is 5.36. The van der Waals surface area contributed by atoms with Crippen molar-refractivity contribution in [3.63, 3.8) is 0 Å². The molecule has 2 heterocycles. The summed E-state index contributed by atoms with van der Waals surface area (Å²) in [4.78, 5) is 36.2. The largest absolute Gasteiger partial charge is 0.454 e. The van der Waals surface area contributed by atoms with Gasteiger partial charge < -0.3 is 14.8 Å². The molecule has 10 nitrogen and oxygen atoms in total. The molecule has 1 aliphatic rings. The Morgan fingerprint density at radius 1 is 1.06 bits per heavy atom. The number of thiophene rings is 1. The SMILES string of the molecule is O=C(N/N=C/c1ccc([N+](=O)[O-])s1)/C(=C/c1ccc2c(c1)OCO2)NC(=O)c1ccccc1. The topological polar surface area (TPSA) is 132 Å². The Bertz CT molecular complexity index is 1270. The fourth-order valence-electron chi connectivity index (χ4n) is 2.84. The van der Waals surface area contributed by atoms with Gasteiger partial charge in [0.2, 0.25) is 6.79 Å². The Balaban J connectivity index is 1.54. The molecule has 33 heavy (non-hydrogen) atoms. The maximum absolute atomic E-state index is 12.8. The van der Waals surface area contributed by atoms with Crippen molar-refractivity contribution >= 4 is 40.4 Å². The van der Waals surface area contributed by atoms with Crippen LogP contribution in [0.4, 0.5) is 5.00 Å². The summed E-state index contributed by atoms with van der Waals surface area (Å²) in [5.74, 6) is -0.0498. The Labute approximate surface area is 191 Å². The summed E-state index contributed by atoms with van der Waals surface area (Å²) in [6, 6.07) is 16.4. The van der Waals surface area contributed by atoms with E-state index in [0.29, 0.717) is 27.5 Å². The zero-order chi connectivity index (χ0) is 23.2. The number of carbonyl (C=O) groups is 2. The van der Waals surface area contributed by atoms with E-state index >= 15 is 0 Å². The number of nitrogens with one attached hydrogen (secondary N) is 2. The highest BCUT2D eigenvalue weighted by Gasteiger charge is 2.17. The molecule has 11 heteroatoms. The third-order valence-electron chi connectivity index (χ3n) is 4.39. The minimum Gasteiger partial charge on any atom is -0.454 e. The lowest BCUT2D eigenvalue weighted by Crippen LogP contribution is -2.32. The number of ether oxygens (including phenoxy) is 2. The predicted octanol–water partition coefficient (Wildman–Crippen LogP) is 3.31. The van der Waals surface area contributed by atoms with E-state index < -0.39 is 16.7 Å². The van der Waals surface area contributed by atoms with Gasteiger partial charge in [-0.05, 0) is 42.0 Å². The predicted molar refractivity (Wildman–Crippen MR) is 121 cm³/mol. The standard InChI is InChI=1S/C22H16N4O6S/c27-21(15-4-2-1-3-5-15)24-17(10-14-6-8-18-19(11-14)32-13-31-18)22(28)25-23-12-16-7-9-20(33-16)26(29)30/h1-12H,13H2,(H,24,27)(H,25,28)/b17-10-,23-12+. The smallest absolute Gasteiger partial charge is 0.324 e.